The van der Waals surface area contributed by atoms with Crippen LogP contribution in [0.5, 0.6) is 0 Å². The van der Waals surface area contributed by atoms with E-state index in [0.717, 1.165) is 15.6 Å². The van der Waals surface area contributed by atoms with E-state index in [1.807, 2.05) is 0 Å². The Balaban J connectivity index is 1.98. The van der Waals surface area contributed by atoms with Crippen LogP contribution in [0.2, 0.25) is 0 Å². The molecule has 1 aliphatic rings. The van der Waals surface area contributed by atoms with E-state index in [2.05, 4.69) is 0 Å². The second kappa shape index (κ2) is 4.86. The number of aliphatic hydroxyl groups is 1. The molecule has 0 atom stereocenters. The number of rotatable bonds is 4. The summed E-state index contributed by atoms with van der Waals surface area (Å²) in [7, 11) is -2.22. The number of carbonyl (C=O) groups is 1. The largest absolute Gasteiger partial charge is 0.386 e. The van der Waals surface area contributed by atoms with E-state index in [9.17, 15) is 18.3 Å². The van der Waals surface area contributed by atoms with Gasteiger partial charge in [-0.05, 0) is 18.4 Å². The van der Waals surface area contributed by atoms with Crippen LogP contribution in [-0.4, -0.2) is 60.9 Å². The van der Waals surface area contributed by atoms with E-state index in [1.54, 1.807) is 18.4 Å². The van der Waals surface area contributed by atoms with Crippen molar-refractivity contribution in [1.29, 1.82) is 0 Å². The topological polar surface area (TPSA) is 77.9 Å². The van der Waals surface area contributed by atoms with Crippen LogP contribution < -0.4 is 0 Å². The third-order valence-corrected chi connectivity index (χ3v) is 6.11. The van der Waals surface area contributed by atoms with E-state index in [1.165, 1.54) is 18.0 Å². The minimum Gasteiger partial charge on any atom is -0.386 e. The normalized spacial score (nSPS) is 18.4. The van der Waals surface area contributed by atoms with Crippen LogP contribution >= 0.6 is 11.3 Å². The molecule has 0 aromatic carbocycles. The first-order valence-corrected chi connectivity index (χ1v) is 8.04. The third-order valence-electron chi connectivity index (χ3n) is 2.93. The number of likely N-dealkylation sites (N-methyl/N-ethyl adjacent to an activating group) is 1. The molecule has 2 heterocycles. The molecule has 6 nitrogen and oxygen atoms in total. The van der Waals surface area contributed by atoms with Gasteiger partial charge in [0.05, 0.1) is 25.2 Å². The summed E-state index contributed by atoms with van der Waals surface area (Å²) in [5.74, 6) is -0.297. The summed E-state index contributed by atoms with van der Waals surface area (Å²) in [6, 6.07) is 3.16. The smallest absolute Gasteiger partial charge is 0.252 e. The van der Waals surface area contributed by atoms with Crippen LogP contribution in [0.3, 0.4) is 0 Å². The van der Waals surface area contributed by atoms with Gasteiger partial charge in [-0.15, -0.1) is 11.3 Å². The van der Waals surface area contributed by atoms with E-state index in [4.69, 9.17) is 0 Å². The van der Waals surface area contributed by atoms with Crippen molar-refractivity contribution in [2.24, 2.45) is 0 Å². The first-order valence-electron chi connectivity index (χ1n) is 5.72. The first-order chi connectivity index (χ1) is 8.72. The van der Waals surface area contributed by atoms with Crippen LogP contribution in [-0.2, 0) is 14.8 Å². The average molecular weight is 304 g/mol. The van der Waals surface area contributed by atoms with Gasteiger partial charge in [0.1, 0.15) is 4.21 Å². The lowest BCUT2D eigenvalue weighted by Gasteiger charge is -2.44. The molecule has 8 heteroatoms. The minimum absolute atomic E-state index is 0.212. The van der Waals surface area contributed by atoms with Crippen LogP contribution in [0.25, 0.3) is 0 Å². The van der Waals surface area contributed by atoms with Crippen LogP contribution in [0, 0.1) is 0 Å². The maximum Gasteiger partial charge on any atom is 0.252 e. The molecule has 2 rings (SSSR count). The lowest BCUT2D eigenvalue weighted by atomic mass is 9.97. The molecule has 1 saturated heterocycles. The predicted molar refractivity (Wildman–Crippen MR) is 71.3 cm³/mol. The molecular formula is C11H16N2O4S2. The zero-order valence-corrected chi connectivity index (χ0v) is 12.4. The van der Waals surface area contributed by atoms with Crippen molar-refractivity contribution in [2.45, 2.75) is 16.7 Å². The van der Waals surface area contributed by atoms with Crippen LogP contribution in [0.1, 0.15) is 6.92 Å². The van der Waals surface area contributed by atoms with Crippen molar-refractivity contribution < 1.29 is 18.3 Å². The molecule has 0 spiro atoms. The van der Waals surface area contributed by atoms with Gasteiger partial charge in [0.2, 0.25) is 5.91 Å². The highest BCUT2D eigenvalue weighted by Gasteiger charge is 2.40. The summed E-state index contributed by atoms with van der Waals surface area (Å²) in [6.07, 6.45) is 0. The molecule has 0 radical (unpaired) electrons. The van der Waals surface area contributed by atoms with Gasteiger partial charge < -0.3 is 10.0 Å². The van der Waals surface area contributed by atoms with Gasteiger partial charge in [-0.1, -0.05) is 6.07 Å². The molecular weight excluding hydrogens is 288 g/mol. The van der Waals surface area contributed by atoms with Crippen molar-refractivity contribution in [2.75, 3.05) is 26.7 Å². The fourth-order valence-corrected chi connectivity index (χ4v) is 4.21. The van der Waals surface area contributed by atoms with Gasteiger partial charge in [-0.25, -0.2) is 8.42 Å². The summed E-state index contributed by atoms with van der Waals surface area (Å²) in [4.78, 5) is 13.3. The number of carbonyl (C=O) groups excluding carboxylic acids is 1. The lowest BCUT2D eigenvalue weighted by molar-refractivity contribution is -0.152. The van der Waals surface area contributed by atoms with Crippen molar-refractivity contribution in [3.63, 3.8) is 0 Å². The van der Waals surface area contributed by atoms with Crippen LogP contribution in [0.4, 0.5) is 0 Å². The van der Waals surface area contributed by atoms with Crippen LogP contribution in [0.15, 0.2) is 21.7 Å². The number of nitrogens with zero attached hydrogens (tertiary/aromatic N) is 2. The quantitative estimate of drug-likeness (QED) is 0.847. The molecule has 0 bridgehead atoms. The molecule has 1 aromatic heterocycles. The summed E-state index contributed by atoms with van der Waals surface area (Å²) in [6.45, 7) is 1.93. The Labute approximate surface area is 116 Å². The summed E-state index contributed by atoms with van der Waals surface area (Å²) in [5, 5.41) is 11.2. The van der Waals surface area contributed by atoms with Gasteiger partial charge in [0.25, 0.3) is 10.0 Å². The number of likely N-dealkylation sites (tertiary alicyclic amines) is 1. The maximum absolute atomic E-state index is 12.1. The fourth-order valence-electron chi connectivity index (χ4n) is 1.89. The van der Waals surface area contributed by atoms with Gasteiger partial charge in [-0.2, -0.15) is 4.31 Å². The lowest BCUT2D eigenvalue weighted by Crippen LogP contribution is -2.63. The van der Waals surface area contributed by atoms with Gasteiger partial charge >= 0.3 is 0 Å². The highest BCUT2D eigenvalue weighted by molar-refractivity contribution is 7.91. The molecule has 19 heavy (non-hydrogen) atoms. The second-order valence-electron chi connectivity index (χ2n) is 4.94. The number of hydrogen-bond donors (Lipinski definition) is 1. The Hall–Kier alpha value is -0.960. The summed E-state index contributed by atoms with van der Waals surface area (Å²) >= 11 is 1.12. The van der Waals surface area contributed by atoms with Gasteiger partial charge in [0, 0.05) is 7.05 Å². The molecule has 0 saturated carbocycles. The van der Waals surface area contributed by atoms with E-state index >= 15 is 0 Å². The molecule has 0 unspecified atom stereocenters. The molecule has 106 valence electrons. The van der Waals surface area contributed by atoms with Crippen molar-refractivity contribution >= 4 is 27.3 Å². The number of amides is 1. The van der Waals surface area contributed by atoms with E-state index in [-0.39, 0.29) is 29.8 Å². The number of β-amino-alcohol motifs (C(OH)–C–C–N with tert-alkyl or cyclic N) is 1. The molecule has 0 aliphatic carbocycles. The highest BCUT2D eigenvalue weighted by atomic mass is 32.2. The Bertz CT molecular complexity index is 558. The summed E-state index contributed by atoms with van der Waals surface area (Å²) in [5.41, 5.74) is -0.846. The van der Waals surface area contributed by atoms with Gasteiger partial charge in [0.15, 0.2) is 0 Å². The maximum atomic E-state index is 12.1. The van der Waals surface area contributed by atoms with Gasteiger partial charge in [-0.3, -0.25) is 4.79 Å². The highest BCUT2D eigenvalue weighted by Crippen LogP contribution is 2.22. The Morgan fingerprint density at radius 2 is 2.21 bits per heavy atom. The van der Waals surface area contributed by atoms with E-state index in [0.29, 0.717) is 0 Å². The van der Waals surface area contributed by atoms with Crippen molar-refractivity contribution in [3.8, 4) is 0 Å². The van der Waals surface area contributed by atoms with Crippen molar-refractivity contribution in [3.05, 3.63) is 17.5 Å². The molecule has 1 aliphatic heterocycles. The number of hydrogen-bond acceptors (Lipinski definition) is 5. The fraction of sp³-hybridized carbons (Fsp3) is 0.545. The van der Waals surface area contributed by atoms with E-state index < -0.39 is 15.6 Å². The monoisotopic (exact) mass is 304 g/mol. The standard InChI is InChI=1S/C11H16N2O4S2/c1-11(15)7-13(8-11)9(14)6-12(2)19(16,17)10-4-3-5-18-10/h3-5,15H,6-8H2,1-2H3. The summed E-state index contributed by atoms with van der Waals surface area (Å²) < 4.78 is 25.5. The Kier molecular flexibility index (Phi) is 3.69. The average Bonchev–Trinajstić information content (AvgIpc) is 2.79. The number of sulfonamides is 1. The molecule has 1 fully saturated rings. The zero-order chi connectivity index (χ0) is 14.3. The minimum atomic E-state index is -3.60. The van der Waals surface area contributed by atoms with Crippen molar-refractivity contribution in [1.82, 2.24) is 9.21 Å². The number of thiophene rings is 1. The second-order valence-corrected chi connectivity index (χ2v) is 8.16. The SMILES string of the molecule is CN(CC(=O)N1CC(C)(O)C1)S(=O)(=O)c1cccs1. The first kappa shape index (κ1) is 14.4. The third kappa shape index (κ3) is 2.97. The molecule has 1 aromatic rings. The molecule has 1 N–H and O–H groups in total. The predicted octanol–water partition coefficient (Wildman–Crippen LogP) is -0.0382. The molecule has 1 amide bonds. The Morgan fingerprint density at radius 3 is 2.68 bits per heavy atom. The Morgan fingerprint density at radius 1 is 1.58 bits per heavy atom. The zero-order valence-electron chi connectivity index (χ0n) is 10.7.